The molecule has 0 aliphatic carbocycles. The Bertz CT molecular complexity index is 972. The van der Waals surface area contributed by atoms with Gasteiger partial charge < -0.3 is 10.1 Å². The van der Waals surface area contributed by atoms with Crippen LogP contribution in [0, 0.1) is 27.7 Å². The van der Waals surface area contributed by atoms with Crippen molar-refractivity contribution in [3.05, 3.63) is 68.2 Å². The first-order valence-electron chi connectivity index (χ1n) is 8.90. The van der Waals surface area contributed by atoms with E-state index in [4.69, 9.17) is 4.74 Å². The molecule has 5 nitrogen and oxygen atoms in total. The summed E-state index contributed by atoms with van der Waals surface area (Å²) >= 11 is 1.44. The average molecular weight is 384 g/mol. The second-order valence-electron chi connectivity index (χ2n) is 6.76. The van der Waals surface area contributed by atoms with Crippen molar-refractivity contribution in [2.75, 3.05) is 0 Å². The zero-order chi connectivity index (χ0) is 19.6. The molecule has 0 unspecified atom stereocenters. The third kappa shape index (κ3) is 4.22. The Morgan fingerprint density at radius 3 is 2.74 bits per heavy atom. The lowest BCUT2D eigenvalue weighted by atomic mass is 10.1. The number of benzene rings is 1. The molecule has 0 bridgehead atoms. The Kier molecular flexibility index (Phi) is 5.65. The lowest BCUT2D eigenvalue weighted by Gasteiger charge is -2.09. The largest absolute Gasteiger partial charge is 0.489 e. The number of rotatable bonds is 6. The summed E-state index contributed by atoms with van der Waals surface area (Å²) < 4.78 is 7.76. The molecule has 2 heterocycles. The predicted octanol–water partition coefficient (Wildman–Crippen LogP) is 4.22. The molecule has 0 aliphatic heterocycles. The number of thiophene rings is 1. The smallest absolute Gasteiger partial charge is 0.261 e. The minimum Gasteiger partial charge on any atom is -0.489 e. The number of carbonyl (C=O) groups is 1. The summed E-state index contributed by atoms with van der Waals surface area (Å²) in [5, 5.41) is 9.35. The summed E-state index contributed by atoms with van der Waals surface area (Å²) in [6.07, 6.45) is 0. The van der Waals surface area contributed by atoms with Crippen LogP contribution < -0.4 is 10.1 Å². The van der Waals surface area contributed by atoms with E-state index in [1.807, 2.05) is 49.2 Å². The second kappa shape index (κ2) is 7.96. The van der Waals surface area contributed by atoms with Crippen molar-refractivity contribution >= 4 is 17.2 Å². The fourth-order valence-electron chi connectivity index (χ4n) is 2.94. The van der Waals surface area contributed by atoms with Crippen LogP contribution in [0.5, 0.6) is 5.75 Å². The Labute approximate surface area is 164 Å². The lowest BCUT2D eigenvalue weighted by molar-refractivity contribution is 0.0955. The van der Waals surface area contributed by atoms with Gasteiger partial charge in [0, 0.05) is 30.4 Å². The summed E-state index contributed by atoms with van der Waals surface area (Å²) in [7, 11) is 1.91. The maximum absolute atomic E-state index is 12.5. The standard InChI is InChI=1S/C21H25N3O2S/c1-13-7-6-8-19(14(13)2)26-11-17-9-20(27-12-17)21(25)22-10-18-15(3)23-24(5)16(18)4/h6-9,12H,10-11H2,1-5H3,(H,22,25). The van der Waals surface area contributed by atoms with Crippen molar-refractivity contribution in [3.8, 4) is 5.75 Å². The Balaban J connectivity index is 1.60. The fraction of sp³-hybridized carbons (Fsp3) is 0.333. The van der Waals surface area contributed by atoms with Crippen molar-refractivity contribution in [2.45, 2.75) is 40.8 Å². The third-order valence-electron chi connectivity index (χ3n) is 4.91. The van der Waals surface area contributed by atoms with Gasteiger partial charge in [0.15, 0.2) is 0 Å². The zero-order valence-corrected chi connectivity index (χ0v) is 17.2. The number of ether oxygens (including phenoxy) is 1. The highest BCUT2D eigenvalue weighted by Gasteiger charge is 2.13. The van der Waals surface area contributed by atoms with Crippen LogP contribution in [0.4, 0.5) is 0 Å². The van der Waals surface area contributed by atoms with Crippen LogP contribution in [0.1, 0.15) is 43.3 Å². The average Bonchev–Trinajstić information content (AvgIpc) is 3.20. The van der Waals surface area contributed by atoms with E-state index in [-0.39, 0.29) is 5.91 Å². The van der Waals surface area contributed by atoms with E-state index in [1.54, 1.807) is 0 Å². The zero-order valence-electron chi connectivity index (χ0n) is 16.4. The molecule has 142 valence electrons. The molecule has 0 fully saturated rings. The highest BCUT2D eigenvalue weighted by atomic mass is 32.1. The molecule has 0 radical (unpaired) electrons. The van der Waals surface area contributed by atoms with E-state index in [9.17, 15) is 4.79 Å². The quantitative estimate of drug-likeness (QED) is 0.693. The number of nitrogens with zero attached hydrogens (tertiary/aromatic N) is 2. The summed E-state index contributed by atoms with van der Waals surface area (Å²) in [5.74, 6) is 0.815. The molecule has 3 rings (SSSR count). The molecule has 0 saturated heterocycles. The normalized spacial score (nSPS) is 10.9. The van der Waals surface area contributed by atoms with Gasteiger partial charge in [0.25, 0.3) is 5.91 Å². The second-order valence-corrected chi connectivity index (χ2v) is 7.67. The van der Waals surface area contributed by atoms with E-state index in [0.717, 1.165) is 33.8 Å². The summed E-state index contributed by atoms with van der Waals surface area (Å²) in [6, 6.07) is 7.93. The van der Waals surface area contributed by atoms with Gasteiger partial charge in [0.1, 0.15) is 12.4 Å². The molecule has 0 saturated carbocycles. The first-order valence-corrected chi connectivity index (χ1v) is 9.78. The van der Waals surface area contributed by atoms with Crippen molar-refractivity contribution in [3.63, 3.8) is 0 Å². The van der Waals surface area contributed by atoms with Gasteiger partial charge in [-0.05, 0) is 56.3 Å². The van der Waals surface area contributed by atoms with Gasteiger partial charge >= 0.3 is 0 Å². The van der Waals surface area contributed by atoms with Crippen molar-refractivity contribution < 1.29 is 9.53 Å². The molecule has 3 aromatic rings. The van der Waals surface area contributed by atoms with Gasteiger partial charge in [-0.2, -0.15) is 5.10 Å². The van der Waals surface area contributed by atoms with Crippen LogP contribution in [0.25, 0.3) is 0 Å². The monoisotopic (exact) mass is 383 g/mol. The Morgan fingerprint density at radius 2 is 2.04 bits per heavy atom. The summed E-state index contributed by atoms with van der Waals surface area (Å²) in [6.45, 7) is 9.03. The third-order valence-corrected chi connectivity index (χ3v) is 5.89. The molecule has 1 N–H and O–H groups in total. The number of hydrogen-bond donors (Lipinski definition) is 1. The number of amides is 1. The van der Waals surface area contributed by atoms with Gasteiger partial charge in [-0.1, -0.05) is 12.1 Å². The van der Waals surface area contributed by atoms with Gasteiger partial charge in [-0.15, -0.1) is 11.3 Å². The van der Waals surface area contributed by atoms with E-state index >= 15 is 0 Å². The number of carbonyl (C=O) groups excluding carboxylic acids is 1. The molecule has 27 heavy (non-hydrogen) atoms. The first kappa shape index (κ1) is 19.2. The van der Waals surface area contributed by atoms with Crippen LogP contribution in [0.2, 0.25) is 0 Å². The number of nitrogens with one attached hydrogen (secondary N) is 1. The van der Waals surface area contributed by atoms with E-state index in [0.29, 0.717) is 18.0 Å². The van der Waals surface area contributed by atoms with Crippen molar-refractivity contribution in [1.29, 1.82) is 0 Å². The van der Waals surface area contributed by atoms with Crippen LogP contribution in [-0.4, -0.2) is 15.7 Å². The molecule has 2 aromatic heterocycles. The number of aromatic nitrogens is 2. The predicted molar refractivity (Wildman–Crippen MR) is 108 cm³/mol. The summed E-state index contributed by atoms with van der Waals surface area (Å²) in [4.78, 5) is 13.2. The minimum absolute atomic E-state index is 0.0689. The topological polar surface area (TPSA) is 56.1 Å². The van der Waals surface area contributed by atoms with E-state index < -0.39 is 0 Å². The van der Waals surface area contributed by atoms with Crippen LogP contribution in [0.15, 0.2) is 29.6 Å². The van der Waals surface area contributed by atoms with Crippen molar-refractivity contribution in [1.82, 2.24) is 15.1 Å². The number of aryl methyl sites for hydroxylation is 3. The maximum atomic E-state index is 12.5. The van der Waals surface area contributed by atoms with Gasteiger partial charge in [-0.3, -0.25) is 9.48 Å². The maximum Gasteiger partial charge on any atom is 0.261 e. The number of hydrogen-bond acceptors (Lipinski definition) is 4. The SMILES string of the molecule is Cc1cccc(OCc2csc(C(=O)NCc3c(C)nn(C)c3C)c2)c1C. The lowest BCUT2D eigenvalue weighted by Crippen LogP contribution is -2.22. The molecule has 1 amide bonds. The van der Waals surface area contributed by atoms with Gasteiger partial charge in [0.2, 0.25) is 0 Å². The molecule has 0 atom stereocenters. The van der Waals surface area contributed by atoms with E-state index in [2.05, 4.69) is 30.3 Å². The summed E-state index contributed by atoms with van der Waals surface area (Å²) in [5.41, 5.74) is 6.44. The molecule has 0 spiro atoms. The fourth-order valence-corrected chi connectivity index (χ4v) is 3.75. The minimum atomic E-state index is -0.0689. The Morgan fingerprint density at radius 1 is 1.26 bits per heavy atom. The van der Waals surface area contributed by atoms with Gasteiger partial charge in [0.05, 0.1) is 10.6 Å². The molecule has 6 heteroatoms. The highest BCUT2D eigenvalue weighted by Crippen LogP contribution is 2.23. The molecular weight excluding hydrogens is 358 g/mol. The van der Waals surface area contributed by atoms with Crippen LogP contribution >= 0.6 is 11.3 Å². The molecule has 0 aliphatic rings. The van der Waals surface area contributed by atoms with E-state index in [1.165, 1.54) is 16.9 Å². The van der Waals surface area contributed by atoms with Crippen molar-refractivity contribution in [2.24, 2.45) is 7.05 Å². The Hall–Kier alpha value is -2.60. The molecular formula is C21H25N3O2S. The highest BCUT2D eigenvalue weighted by molar-refractivity contribution is 7.12. The van der Waals surface area contributed by atoms with Crippen LogP contribution in [0.3, 0.4) is 0 Å². The first-order chi connectivity index (χ1) is 12.9. The van der Waals surface area contributed by atoms with Gasteiger partial charge in [-0.25, -0.2) is 0 Å². The van der Waals surface area contributed by atoms with Crippen LogP contribution in [-0.2, 0) is 20.2 Å². The molecule has 1 aromatic carbocycles.